The van der Waals surface area contributed by atoms with Crippen molar-refractivity contribution in [3.8, 4) is 0 Å². The van der Waals surface area contributed by atoms with E-state index in [-0.39, 0.29) is 11.5 Å². The van der Waals surface area contributed by atoms with E-state index in [9.17, 15) is 14.0 Å². The van der Waals surface area contributed by atoms with Gasteiger partial charge in [-0.25, -0.2) is 4.39 Å². The molecule has 1 rings (SSSR count). The van der Waals surface area contributed by atoms with E-state index >= 15 is 0 Å². The molecule has 2 N–H and O–H groups in total. The monoisotopic (exact) mass is 302 g/mol. The number of likely N-dealkylation sites (N-methyl/N-ethyl adjacent to an activating group) is 1. The number of hydrogen-bond donors (Lipinski definition) is 2. The molecule has 0 radical (unpaired) electrons. The summed E-state index contributed by atoms with van der Waals surface area (Å²) in [4.78, 5) is 23.0. The van der Waals surface area contributed by atoms with Gasteiger partial charge in [0.15, 0.2) is 0 Å². The Morgan fingerprint density at radius 1 is 1.41 bits per heavy atom. The maximum atomic E-state index is 12.8. The van der Waals surface area contributed by atoms with E-state index in [2.05, 4.69) is 26.6 Å². The molecule has 0 aliphatic heterocycles. The zero-order valence-corrected chi connectivity index (χ0v) is 11.0. The van der Waals surface area contributed by atoms with Crippen molar-refractivity contribution in [3.63, 3.8) is 0 Å². The van der Waals surface area contributed by atoms with Crippen LogP contribution >= 0.6 is 15.9 Å². The Kier molecular flexibility index (Phi) is 4.62. The van der Waals surface area contributed by atoms with Gasteiger partial charge in [0, 0.05) is 11.5 Å². The van der Waals surface area contributed by atoms with Crippen molar-refractivity contribution in [2.75, 3.05) is 7.05 Å². The summed E-state index contributed by atoms with van der Waals surface area (Å²) in [6.45, 7) is 1.56. The predicted octanol–water partition coefficient (Wildman–Crippen LogP) is 1.45. The van der Waals surface area contributed by atoms with Gasteiger partial charge in [0.25, 0.3) is 5.91 Å². The lowest BCUT2D eigenvalue weighted by atomic mass is 10.2. The summed E-state index contributed by atoms with van der Waals surface area (Å²) in [5, 5.41) is 4.92. The fourth-order valence-electron chi connectivity index (χ4n) is 1.23. The van der Waals surface area contributed by atoms with Crippen LogP contribution in [0.25, 0.3) is 0 Å². The third-order valence-corrected chi connectivity index (χ3v) is 2.82. The summed E-state index contributed by atoms with van der Waals surface area (Å²) in [5.74, 6) is -1.17. The minimum absolute atomic E-state index is 0.280. The summed E-state index contributed by atoms with van der Waals surface area (Å²) in [6.07, 6.45) is 0. The lowest BCUT2D eigenvalue weighted by Gasteiger charge is -2.12. The van der Waals surface area contributed by atoms with Crippen molar-refractivity contribution in [2.24, 2.45) is 0 Å². The van der Waals surface area contributed by atoms with Gasteiger partial charge in [-0.1, -0.05) is 0 Å². The molecule has 0 aliphatic rings. The molecule has 1 aromatic rings. The average molecular weight is 303 g/mol. The minimum atomic E-state index is -0.649. The second-order valence-corrected chi connectivity index (χ2v) is 4.29. The molecule has 0 heterocycles. The lowest BCUT2D eigenvalue weighted by Crippen LogP contribution is -2.43. The largest absolute Gasteiger partial charge is 0.357 e. The van der Waals surface area contributed by atoms with Crippen LogP contribution in [0.2, 0.25) is 0 Å². The lowest BCUT2D eigenvalue weighted by molar-refractivity contribution is -0.122. The Hall–Kier alpha value is -1.43. The van der Waals surface area contributed by atoms with Gasteiger partial charge < -0.3 is 10.6 Å². The van der Waals surface area contributed by atoms with E-state index in [1.54, 1.807) is 6.92 Å². The molecular weight excluding hydrogens is 291 g/mol. The van der Waals surface area contributed by atoms with Crippen LogP contribution in [0.3, 0.4) is 0 Å². The average Bonchev–Trinajstić information content (AvgIpc) is 2.27. The Balaban J connectivity index is 2.80. The summed E-state index contributed by atoms with van der Waals surface area (Å²) in [5.41, 5.74) is 0.280. The Bertz CT molecular complexity index is 451. The molecule has 0 aliphatic carbocycles. The van der Waals surface area contributed by atoms with Crippen molar-refractivity contribution in [1.29, 1.82) is 0 Å². The highest BCUT2D eigenvalue weighted by Gasteiger charge is 2.17. The highest BCUT2D eigenvalue weighted by molar-refractivity contribution is 9.10. The molecule has 4 nitrogen and oxygen atoms in total. The van der Waals surface area contributed by atoms with E-state index in [0.29, 0.717) is 4.47 Å². The molecular formula is C11H12BrFN2O2. The number of hydrogen-bond acceptors (Lipinski definition) is 2. The van der Waals surface area contributed by atoms with Gasteiger partial charge in [-0.2, -0.15) is 0 Å². The van der Waals surface area contributed by atoms with E-state index in [4.69, 9.17) is 0 Å². The number of amides is 2. The summed E-state index contributed by atoms with van der Waals surface area (Å²) < 4.78 is 13.2. The van der Waals surface area contributed by atoms with Crippen LogP contribution < -0.4 is 10.6 Å². The molecule has 92 valence electrons. The van der Waals surface area contributed by atoms with Crippen LogP contribution in [0.15, 0.2) is 22.7 Å². The number of carbonyl (C=O) groups is 2. The van der Waals surface area contributed by atoms with Crippen molar-refractivity contribution < 1.29 is 14.0 Å². The van der Waals surface area contributed by atoms with Gasteiger partial charge in [0.05, 0.1) is 5.56 Å². The van der Waals surface area contributed by atoms with E-state index in [1.807, 2.05) is 0 Å². The molecule has 1 aromatic carbocycles. The van der Waals surface area contributed by atoms with Gasteiger partial charge >= 0.3 is 0 Å². The molecule has 17 heavy (non-hydrogen) atoms. The molecule has 0 saturated heterocycles. The normalized spacial score (nSPS) is 11.8. The highest BCUT2D eigenvalue weighted by Crippen LogP contribution is 2.17. The second kappa shape index (κ2) is 5.77. The SMILES string of the molecule is CNC(=O)C(C)NC(=O)c1ccc(F)cc1Br. The number of benzene rings is 1. The Labute approximate surface area is 107 Å². The first-order valence-corrected chi connectivity index (χ1v) is 5.72. The van der Waals surface area contributed by atoms with E-state index in [1.165, 1.54) is 25.2 Å². The molecule has 2 amide bonds. The van der Waals surface area contributed by atoms with Crippen LogP contribution in [-0.4, -0.2) is 24.9 Å². The van der Waals surface area contributed by atoms with Crippen molar-refractivity contribution in [1.82, 2.24) is 10.6 Å². The van der Waals surface area contributed by atoms with Gasteiger partial charge in [-0.05, 0) is 41.1 Å². The fraction of sp³-hybridized carbons (Fsp3) is 0.273. The molecule has 0 aromatic heterocycles. The second-order valence-electron chi connectivity index (χ2n) is 3.43. The zero-order valence-electron chi connectivity index (χ0n) is 9.38. The van der Waals surface area contributed by atoms with Crippen LogP contribution in [0.5, 0.6) is 0 Å². The maximum absolute atomic E-state index is 12.8. The molecule has 1 unspecified atom stereocenters. The van der Waals surface area contributed by atoms with E-state index in [0.717, 1.165) is 0 Å². The van der Waals surface area contributed by atoms with Gasteiger partial charge in [-0.3, -0.25) is 9.59 Å². The Morgan fingerprint density at radius 3 is 2.59 bits per heavy atom. The molecule has 0 saturated carbocycles. The summed E-state index contributed by atoms with van der Waals surface area (Å²) in [7, 11) is 1.48. The number of halogens is 2. The minimum Gasteiger partial charge on any atom is -0.357 e. The zero-order chi connectivity index (χ0) is 13.0. The maximum Gasteiger partial charge on any atom is 0.253 e. The third-order valence-electron chi connectivity index (χ3n) is 2.16. The van der Waals surface area contributed by atoms with Crippen LogP contribution in [0.4, 0.5) is 4.39 Å². The molecule has 0 spiro atoms. The van der Waals surface area contributed by atoms with Crippen molar-refractivity contribution >= 4 is 27.7 Å². The first kappa shape index (κ1) is 13.6. The Morgan fingerprint density at radius 2 is 2.06 bits per heavy atom. The molecule has 0 fully saturated rings. The van der Waals surface area contributed by atoms with E-state index < -0.39 is 17.8 Å². The van der Waals surface area contributed by atoms with Gasteiger partial charge in [0.1, 0.15) is 11.9 Å². The van der Waals surface area contributed by atoms with Gasteiger partial charge in [0.2, 0.25) is 5.91 Å². The van der Waals surface area contributed by atoms with Crippen LogP contribution in [-0.2, 0) is 4.79 Å². The molecule has 6 heteroatoms. The predicted molar refractivity (Wildman–Crippen MR) is 65.1 cm³/mol. The number of carbonyl (C=O) groups excluding carboxylic acids is 2. The highest BCUT2D eigenvalue weighted by atomic mass is 79.9. The number of rotatable bonds is 3. The molecule has 1 atom stereocenters. The topological polar surface area (TPSA) is 58.2 Å². The molecule has 0 bridgehead atoms. The van der Waals surface area contributed by atoms with Crippen molar-refractivity contribution in [2.45, 2.75) is 13.0 Å². The summed E-state index contributed by atoms with van der Waals surface area (Å²) >= 11 is 3.09. The smallest absolute Gasteiger partial charge is 0.253 e. The summed E-state index contributed by atoms with van der Waals surface area (Å²) in [6, 6.07) is 3.08. The van der Waals surface area contributed by atoms with Crippen LogP contribution in [0.1, 0.15) is 17.3 Å². The number of nitrogens with one attached hydrogen (secondary N) is 2. The first-order valence-electron chi connectivity index (χ1n) is 4.93. The quantitative estimate of drug-likeness (QED) is 0.888. The first-order chi connectivity index (χ1) is 7.95. The van der Waals surface area contributed by atoms with Crippen LogP contribution in [0, 0.1) is 5.82 Å². The standard InChI is InChI=1S/C11H12BrFN2O2/c1-6(10(16)14-2)15-11(17)8-4-3-7(13)5-9(8)12/h3-6H,1-2H3,(H,14,16)(H,15,17). The van der Waals surface area contributed by atoms with Crippen molar-refractivity contribution in [3.05, 3.63) is 34.1 Å². The van der Waals surface area contributed by atoms with Gasteiger partial charge in [-0.15, -0.1) is 0 Å². The fourth-order valence-corrected chi connectivity index (χ4v) is 1.76. The third kappa shape index (κ3) is 3.52.